The number of aromatic nitrogens is 2. The molecular formula is C12H16Cl2N4OS. The Balaban J connectivity index is 0.00000180. The number of hydrogen-bond acceptors (Lipinski definition) is 5. The zero-order valence-corrected chi connectivity index (χ0v) is 13.1. The third kappa shape index (κ3) is 5.42. The van der Waals surface area contributed by atoms with Crippen molar-refractivity contribution in [3.8, 4) is 0 Å². The molecule has 0 aliphatic carbocycles. The number of carbonyl (C=O) groups is 1. The van der Waals surface area contributed by atoms with E-state index >= 15 is 0 Å². The molecular weight excluding hydrogens is 319 g/mol. The van der Waals surface area contributed by atoms with Gasteiger partial charge in [0.05, 0.1) is 0 Å². The molecule has 3 N–H and O–H groups in total. The Hall–Kier alpha value is -1.21. The second-order valence-corrected chi connectivity index (χ2v) is 4.64. The monoisotopic (exact) mass is 334 g/mol. The molecule has 2 heterocycles. The second-order valence-electron chi connectivity index (χ2n) is 3.70. The van der Waals surface area contributed by atoms with Gasteiger partial charge < -0.3 is 11.1 Å². The Kier molecular flexibility index (Phi) is 9.07. The molecule has 0 atom stereocenters. The van der Waals surface area contributed by atoms with E-state index < -0.39 is 0 Å². The van der Waals surface area contributed by atoms with Crippen molar-refractivity contribution in [2.75, 3.05) is 6.54 Å². The van der Waals surface area contributed by atoms with Crippen molar-refractivity contribution in [2.45, 2.75) is 13.0 Å². The molecule has 0 saturated carbocycles. The number of nitrogens with one attached hydrogen (secondary N) is 1. The van der Waals surface area contributed by atoms with Crippen molar-refractivity contribution >= 4 is 42.1 Å². The van der Waals surface area contributed by atoms with E-state index in [0.717, 1.165) is 17.0 Å². The molecule has 0 bridgehead atoms. The number of carbonyl (C=O) groups excluding carboxylic acids is 1. The molecule has 0 aromatic carbocycles. The summed E-state index contributed by atoms with van der Waals surface area (Å²) in [6.45, 7) is 0.938. The molecule has 0 saturated heterocycles. The minimum absolute atomic E-state index is 0. The van der Waals surface area contributed by atoms with Crippen molar-refractivity contribution in [3.05, 3.63) is 46.2 Å². The third-order valence-corrected chi connectivity index (χ3v) is 3.25. The lowest BCUT2D eigenvalue weighted by Gasteiger charge is -2.02. The van der Waals surface area contributed by atoms with Gasteiger partial charge in [0, 0.05) is 30.9 Å². The molecule has 1 amide bonds. The highest BCUT2D eigenvalue weighted by Gasteiger charge is 2.09. The highest BCUT2D eigenvalue weighted by Crippen LogP contribution is 2.08. The zero-order valence-electron chi connectivity index (χ0n) is 10.6. The number of thiazole rings is 1. The predicted molar refractivity (Wildman–Crippen MR) is 84.8 cm³/mol. The second kappa shape index (κ2) is 9.66. The molecule has 0 spiro atoms. The van der Waals surface area contributed by atoms with Gasteiger partial charge in [-0.3, -0.25) is 9.78 Å². The Bertz CT molecular complexity index is 521. The van der Waals surface area contributed by atoms with Crippen LogP contribution in [0.25, 0.3) is 0 Å². The molecule has 0 unspecified atom stereocenters. The Morgan fingerprint density at radius 1 is 1.40 bits per heavy atom. The van der Waals surface area contributed by atoms with Crippen LogP contribution < -0.4 is 11.1 Å². The van der Waals surface area contributed by atoms with E-state index in [-0.39, 0.29) is 30.7 Å². The van der Waals surface area contributed by atoms with Crippen LogP contribution in [0.1, 0.15) is 21.1 Å². The van der Waals surface area contributed by atoms with E-state index in [1.54, 1.807) is 17.8 Å². The van der Waals surface area contributed by atoms with Crippen LogP contribution in [-0.2, 0) is 13.0 Å². The van der Waals surface area contributed by atoms with Crippen molar-refractivity contribution in [3.63, 3.8) is 0 Å². The molecule has 20 heavy (non-hydrogen) atoms. The number of halogens is 2. The molecule has 8 heteroatoms. The van der Waals surface area contributed by atoms with Crippen LogP contribution in [0.3, 0.4) is 0 Å². The van der Waals surface area contributed by atoms with Crippen LogP contribution in [-0.4, -0.2) is 22.4 Å². The minimum Gasteiger partial charge on any atom is -0.350 e. The fraction of sp³-hybridized carbons (Fsp3) is 0.250. The van der Waals surface area contributed by atoms with Gasteiger partial charge in [0.1, 0.15) is 10.7 Å². The molecule has 5 nitrogen and oxygen atoms in total. The maximum atomic E-state index is 11.7. The molecule has 0 fully saturated rings. The van der Waals surface area contributed by atoms with Gasteiger partial charge in [-0.2, -0.15) is 0 Å². The summed E-state index contributed by atoms with van der Waals surface area (Å²) < 4.78 is 0. The van der Waals surface area contributed by atoms with Gasteiger partial charge in [0.2, 0.25) is 0 Å². The Morgan fingerprint density at radius 2 is 2.20 bits per heavy atom. The van der Waals surface area contributed by atoms with Crippen LogP contribution in [0, 0.1) is 0 Å². The summed E-state index contributed by atoms with van der Waals surface area (Å²) in [4.78, 5) is 19.9. The van der Waals surface area contributed by atoms with Crippen LogP contribution in [0.15, 0.2) is 29.9 Å². The number of amides is 1. The molecule has 2 aromatic heterocycles. The lowest BCUT2D eigenvalue weighted by atomic mass is 10.2. The van der Waals surface area contributed by atoms with Gasteiger partial charge in [0.15, 0.2) is 0 Å². The summed E-state index contributed by atoms with van der Waals surface area (Å²) in [5, 5.41) is 5.32. The van der Waals surface area contributed by atoms with Gasteiger partial charge in [-0.1, -0.05) is 6.07 Å². The SMILES string of the molecule is Cl.Cl.NCc1nc(C(=O)NCCc2cccnc2)cs1. The van der Waals surface area contributed by atoms with Crippen molar-refractivity contribution in [2.24, 2.45) is 5.73 Å². The van der Waals surface area contributed by atoms with Crippen molar-refractivity contribution in [1.29, 1.82) is 0 Å². The summed E-state index contributed by atoms with van der Waals surface area (Å²) in [6.07, 6.45) is 4.28. The van der Waals surface area contributed by atoms with E-state index in [1.807, 2.05) is 12.1 Å². The molecule has 0 aliphatic heterocycles. The van der Waals surface area contributed by atoms with Crippen LogP contribution >= 0.6 is 36.2 Å². The largest absolute Gasteiger partial charge is 0.350 e. The first-order valence-corrected chi connectivity index (χ1v) is 6.49. The summed E-state index contributed by atoms with van der Waals surface area (Å²) in [6, 6.07) is 3.86. The first kappa shape index (κ1) is 18.8. The maximum Gasteiger partial charge on any atom is 0.270 e. The van der Waals surface area contributed by atoms with Gasteiger partial charge in [0.25, 0.3) is 5.91 Å². The Morgan fingerprint density at radius 3 is 2.80 bits per heavy atom. The number of pyridine rings is 1. The quantitative estimate of drug-likeness (QED) is 0.873. The van der Waals surface area contributed by atoms with E-state index in [0.29, 0.717) is 18.8 Å². The highest BCUT2D eigenvalue weighted by atomic mass is 35.5. The van der Waals surface area contributed by atoms with Gasteiger partial charge in [-0.15, -0.1) is 36.2 Å². The number of nitrogens with two attached hydrogens (primary N) is 1. The van der Waals surface area contributed by atoms with Gasteiger partial charge in [-0.05, 0) is 18.1 Å². The third-order valence-electron chi connectivity index (χ3n) is 2.38. The van der Waals surface area contributed by atoms with Crippen LogP contribution in [0.2, 0.25) is 0 Å². The Labute approximate surface area is 133 Å². The van der Waals surface area contributed by atoms with Crippen LogP contribution in [0.5, 0.6) is 0 Å². The van der Waals surface area contributed by atoms with Crippen molar-refractivity contribution in [1.82, 2.24) is 15.3 Å². The molecule has 110 valence electrons. The topological polar surface area (TPSA) is 80.9 Å². The van der Waals surface area contributed by atoms with Crippen LogP contribution in [0.4, 0.5) is 0 Å². The van der Waals surface area contributed by atoms with Gasteiger partial charge in [-0.25, -0.2) is 4.98 Å². The molecule has 2 aromatic rings. The summed E-state index contributed by atoms with van der Waals surface area (Å²) in [5.74, 6) is -0.158. The number of rotatable bonds is 5. The average molecular weight is 335 g/mol. The molecule has 0 radical (unpaired) electrons. The van der Waals surface area contributed by atoms with Crippen molar-refractivity contribution < 1.29 is 4.79 Å². The minimum atomic E-state index is -0.158. The van der Waals surface area contributed by atoms with Gasteiger partial charge >= 0.3 is 0 Å². The fourth-order valence-electron chi connectivity index (χ4n) is 1.47. The fourth-order valence-corrected chi connectivity index (χ4v) is 2.12. The smallest absolute Gasteiger partial charge is 0.270 e. The highest BCUT2D eigenvalue weighted by molar-refractivity contribution is 7.09. The number of nitrogens with zero attached hydrogens (tertiary/aromatic N) is 2. The van der Waals surface area contributed by atoms with E-state index in [2.05, 4.69) is 15.3 Å². The predicted octanol–water partition coefficient (Wildman–Crippen LogP) is 1.81. The maximum absolute atomic E-state index is 11.7. The first-order chi connectivity index (χ1) is 8.79. The van der Waals surface area contributed by atoms with E-state index in [9.17, 15) is 4.79 Å². The zero-order chi connectivity index (χ0) is 12.8. The lowest BCUT2D eigenvalue weighted by molar-refractivity contribution is 0.0949. The normalized spacial score (nSPS) is 9.25. The standard InChI is InChI=1S/C12H14N4OS.2ClH/c13-6-11-16-10(8-18-11)12(17)15-5-3-9-2-1-4-14-7-9;;/h1-2,4,7-8H,3,5-6,13H2,(H,15,17);2*1H. The molecule has 0 aliphatic rings. The lowest BCUT2D eigenvalue weighted by Crippen LogP contribution is -2.26. The first-order valence-electron chi connectivity index (χ1n) is 5.61. The summed E-state index contributed by atoms with van der Waals surface area (Å²) in [5.41, 5.74) is 6.98. The summed E-state index contributed by atoms with van der Waals surface area (Å²) in [7, 11) is 0. The molecule has 2 rings (SSSR count). The summed E-state index contributed by atoms with van der Waals surface area (Å²) >= 11 is 1.40. The number of hydrogen-bond donors (Lipinski definition) is 2. The van der Waals surface area contributed by atoms with E-state index in [1.165, 1.54) is 11.3 Å². The average Bonchev–Trinajstić information content (AvgIpc) is 2.89. The van der Waals surface area contributed by atoms with E-state index in [4.69, 9.17) is 5.73 Å².